The van der Waals surface area contributed by atoms with Crippen molar-refractivity contribution in [2.24, 2.45) is 0 Å². The smallest absolute Gasteiger partial charge is 0.326 e. The van der Waals surface area contributed by atoms with Gasteiger partial charge >= 0.3 is 5.97 Å². The molecule has 1 rings (SSSR count). The molecule has 7 heteroatoms. The van der Waals surface area contributed by atoms with Crippen LogP contribution in [-0.4, -0.2) is 25.2 Å². The van der Waals surface area contributed by atoms with Gasteiger partial charge in [-0.1, -0.05) is 19.1 Å². The lowest BCUT2D eigenvalue weighted by Gasteiger charge is -2.06. The molecule has 0 saturated carbocycles. The second-order valence-corrected chi connectivity index (χ2v) is 5.85. The van der Waals surface area contributed by atoms with Crippen LogP contribution >= 0.6 is 0 Å². The number of hydrogen-bond acceptors (Lipinski definition) is 5. The van der Waals surface area contributed by atoms with E-state index in [4.69, 9.17) is 5.11 Å². The van der Waals surface area contributed by atoms with Gasteiger partial charge in [0, 0.05) is 0 Å². The molecule has 0 atom stereocenters. The average Bonchev–Trinajstić information content (AvgIpc) is 2.36. The highest BCUT2D eigenvalue weighted by Crippen LogP contribution is 2.11. The first-order chi connectivity index (χ1) is 8.93. The molecule has 0 bridgehead atoms. The van der Waals surface area contributed by atoms with E-state index in [-0.39, 0.29) is 17.9 Å². The maximum Gasteiger partial charge on any atom is 0.326 e. The van der Waals surface area contributed by atoms with Crippen molar-refractivity contribution in [2.75, 3.05) is 5.75 Å². The van der Waals surface area contributed by atoms with E-state index in [2.05, 4.69) is 4.84 Å². The Morgan fingerprint density at radius 2 is 1.95 bits per heavy atom. The van der Waals surface area contributed by atoms with Gasteiger partial charge in [0.25, 0.3) is 0 Å². The van der Waals surface area contributed by atoms with Crippen LogP contribution in [-0.2, 0) is 26.1 Å². The summed E-state index contributed by atoms with van der Waals surface area (Å²) in [6.45, 7) is 1.71. The Labute approximate surface area is 112 Å². The summed E-state index contributed by atoms with van der Waals surface area (Å²) in [6, 6.07) is 6.41. The highest BCUT2D eigenvalue weighted by atomic mass is 32.2. The third-order valence-corrected chi connectivity index (χ3v) is 3.59. The van der Waals surface area contributed by atoms with Crippen molar-refractivity contribution in [3.05, 3.63) is 29.8 Å². The van der Waals surface area contributed by atoms with Crippen LogP contribution in [0.3, 0.4) is 0 Å². The minimum Gasteiger partial charge on any atom is -0.508 e. The Hall–Kier alpha value is -1.60. The van der Waals surface area contributed by atoms with E-state index in [1.807, 2.05) is 0 Å². The van der Waals surface area contributed by atoms with Gasteiger partial charge in [0.2, 0.25) is 10.0 Å². The molecule has 0 saturated heterocycles. The van der Waals surface area contributed by atoms with Crippen molar-refractivity contribution in [3.8, 4) is 5.75 Å². The summed E-state index contributed by atoms with van der Waals surface area (Å²) in [5, 5.41) is 9.09. The van der Waals surface area contributed by atoms with E-state index in [1.165, 1.54) is 12.1 Å². The number of sulfonamides is 1. The van der Waals surface area contributed by atoms with Crippen molar-refractivity contribution < 1.29 is 23.2 Å². The SMILES string of the molecule is CCCS(=O)(=O)NOC(=O)CCc1ccc(O)cc1. The summed E-state index contributed by atoms with van der Waals surface area (Å²) in [5.74, 6) is -0.579. The van der Waals surface area contributed by atoms with Crippen molar-refractivity contribution in [1.82, 2.24) is 4.89 Å². The first kappa shape index (κ1) is 15.5. The van der Waals surface area contributed by atoms with E-state index in [0.717, 1.165) is 5.56 Å². The average molecular weight is 287 g/mol. The molecule has 1 aromatic carbocycles. The minimum absolute atomic E-state index is 0.0550. The number of aromatic hydroxyl groups is 1. The Balaban J connectivity index is 2.34. The number of benzene rings is 1. The highest BCUT2D eigenvalue weighted by molar-refractivity contribution is 7.89. The molecule has 0 aromatic heterocycles. The maximum absolute atomic E-state index is 11.3. The Bertz CT molecular complexity index is 509. The van der Waals surface area contributed by atoms with Gasteiger partial charge < -0.3 is 9.94 Å². The number of phenolic OH excluding ortho intramolecular Hbond substituents is 1. The van der Waals surface area contributed by atoms with E-state index in [9.17, 15) is 13.2 Å². The molecule has 0 radical (unpaired) electrons. The summed E-state index contributed by atoms with van der Waals surface area (Å²) in [7, 11) is -3.54. The van der Waals surface area contributed by atoms with E-state index in [0.29, 0.717) is 12.8 Å². The van der Waals surface area contributed by atoms with Crippen LogP contribution in [0.15, 0.2) is 24.3 Å². The number of nitrogens with one attached hydrogen (secondary N) is 1. The van der Waals surface area contributed by atoms with Crippen LogP contribution in [0.25, 0.3) is 0 Å². The van der Waals surface area contributed by atoms with Crippen molar-refractivity contribution in [3.63, 3.8) is 0 Å². The van der Waals surface area contributed by atoms with E-state index in [1.54, 1.807) is 23.9 Å². The van der Waals surface area contributed by atoms with Crippen LogP contribution in [0.1, 0.15) is 25.3 Å². The highest BCUT2D eigenvalue weighted by Gasteiger charge is 2.12. The molecular weight excluding hydrogens is 270 g/mol. The second-order valence-electron chi connectivity index (χ2n) is 4.04. The predicted octanol–water partition coefficient (Wildman–Crippen LogP) is 1.11. The van der Waals surface area contributed by atoms with Crippen LogP contribution < -0.4 is 4.89 Å². The first-order valence-corrected chi connectivity index (χ1v) is 7.55. The van der Waals surface area contributed by atoms with Gasteiger partial charge in [0.1, 0.15) is 5.75 Å². The van der Waals surface area contributed by atoms with E-state index < -0.39 is 16.0 Å². The third-order valence-electron chi connectivity index (χ3n) is 2.31. The largest absolute Gasteiger partial charge is 0.508 e. The fourth-order valence-electron chi connectivity index (χ4n) is 1.38. The number of phenols is 1. The lowest BCUT2D eigenvalue weighted by Crippen LogP contribution is -2.29. The molecule has 0 heterocycles. The molecule has 0 unspecified atom stereocenters. The fourth-order valence-corrected chi connectivity index (χ4v) is 2.22. The summed E-state index contributed by atoms with van der Waals surface area (Å²) < 4.78 is 22.5. The summed E-state index contributed by atoms with van der Waals surface area (Å²) in [6.07, 6.45) is 0.911. The Morgan fingerprint density at radius 3 is 2.53 bits per heavy atom. The van der Waals surface area contributed by atoms with Crippen LogP contribution in [0.4, 0.5) is 0 Å². The van der Waals surface area contributed by atoms with Gasteiger partial charge in [-0.3, -0.25) is 4.79 Å². The molecule has 19 heavy (non-hydrogen) atoms. The van der Waals surface area contributed by atoms with Gasteiger partial charge in [-0.15, -0.1) is 0 Å². The molecule has 0 fully saturated rings. The molecule has 0 aliphatic rings. The number of aryl methyl sites for hydroxylation is 1. The van der Waals surface area contributed by atoms with Gasteiger partial charge in [0.05, 0.1) is 12.2 Å². The lowest BCUT2D eigenvalue weighted by atomic mass is 10.1. The molecule has 0 spiro atoms. The third kappa shape index (κ3) is 6.21. The predicted molar refractivity (Wildman–Crippen MR) is 69.7 cm³/mol. The fraction of sp³-hybridized carbons (Fsp3) is 0.417. The monoisotopic (exact) mass is 287 g/mol. The molecule has 6 nitrogen and oxygen atoms in total. The zero-order chi connectivity index (χ0) is 14.3. The molecule has 1 aromatic rings. The standard InChI is InChI=1S/C12H17NO5S/c1-2-9-19(16,17)13-18-12(15)8-5-10-3-6-11(14)7-4-10/h3-4,6-7,13-14H,2,5,8-9H2,1H3. The van der Waals surface area contributed by atoms with Gasteiger partial charge in [0.15, 0.2) is 0 Å². The maximum atomic E-state index is 11.3. The van der Waals surface area contributed by atoms with Crippen LogP contribution in [0, 0.1) is 0 Å². The first-order valence-electron chi connectivity index (χ1n) is 5.90. The van der Waals surface area contributed by atoms with Crippen molar-refractivity contribution >= 4 is 16.0 Å². The van der Waals surface area contributed by atoms with Gasteiger partial charge in [-0.25, -0.2) is 8.42 Å². The topological polar surface area (TPSA) is 92.7 Å². The quantitative estimate of drug-likeness (QED) is 0.733. The van der Waals surface area contributed by atoms with Crippen LogP contribution in [0.5, 0.6) is 5.75 Å². The molecule has 106 valence electrons. The molecule has 0 aliphatic carbocycles. The zero-order valence-electron chi connectivity index (χ0n) is 10.6. The van der Waals surface area contributed by atoms with Crippen LogP contribution in [0.2, 0.25) is 0 Å². The number of rotatable bonds is 7. The second kappa shape index (κ2) is 7.10. The number of hydrogen-bond donors (Lipinski definition) is 2. The van der Waals surface area contributed by atoms with Crippen molar-refractivity contribution in [2.45, 2.75) is 26.2 Å². The Morgan fingerprint density at radius 1 is 1.32 bits per heavy atom. The summed E-state index contributed by atoms with van der Waals surface area (Å²) in [4.78, 5) is 17.6. The van der Waals surface area contributed by atoms with Gasteiger partial charge in [-0.05, 0) is 35.4 Å². The normalized spacial score (nSPS) is 11.2. The molecule has 0 amide bonds. The number of carbonyl (C=O) groups is 1. The molecular formula is C12H17NO5S. The Kier molecular flexibility index (Phi) is 5.78. The minimum atomic E-state index is -3.54. The molecule has 2 N–H and O–H groups in total. The van der Waals surface area contributed by atoms with Gasteiger partial charge in [-0.2, -0.15) is 0 Å². The van der Waals surface area contributed by atoms with Crippen molar-refractivity contribution in [1.29, 1.82) is 0 Å². The van der Waals surface area contributed by atoms with E-state index >= 15 is 0 Å². The molecule has 0 aliphatic heterocycles. The summed E-state index contributed by atoms with van der Waals surface area (Å²) >= 11 is 0. The number of carbonyl (C=O) groups excluding carboxylic acids is 1. The lowest BCUT2D eigenvalue weighted by molar-refractivity contribution is -0.147. The zero-order valence-corrected chi connectivity index (χ0v) is 11.4. The summed E-state index contributed by atoms with van der Waals surface area (Å²) in [5.41, 5.74) is 0.853.